The predicted molar refractivity (Wildman–Crippen MR) is 78.7 cm³/mol. The minimum absolute atomic E-state index is 0.652. The molecule has 18 heavy (non-hydrogen) atoms. The highest BCUT2D eigenvalue weighted by Crippen LogP contribution is 1.89. The van der Waals surface area contributed by atoms with Crippen LogP contribution >= 0.6 is 15.9 Å². The molecule has 0 atom stereocenters. The van der Waals surface area contributed by atoms with Gasteiger partial charge in [-0.05, 0) is 13.5 Å². The monoisotopic (exact) mass is 325 g/mol. The first-order valence-electron chi connectivity index (χ1n) is 6.79. The fraction of sp³-hybridized carbons (Fsp3) is 1.00. The molecule has 0 aromatic heterocycles. The highest BCUT2D eigenvalue weighted by atomic mass is 79.9. The summed E-state index contributed by atoms with van der Waals surface area (Å²) in [6.07, 6.45) is 2.31. The number of likely N-dealkylation sites (N-methyl/N-ethyl adjacent to an activating group) is 1. The molecule has 0 amide bonds. The van der Waals surface area contributed by atoms with Crippen molar-refractivity contribution >= 4 is 15.9 Å². The summed E-state index contributed by atoms with van der Waals surface area (Å²) in [6.45, 7) is 8.45. The van der Waals surface area contributed by atoms with Crippen LogP contribution < -0.4 is 0 Å². The molecule has 0 bridgehead atoms. The molecular formula is C13H28BrNO3. The number of hydrogen-bond donors (Lipinski definition) is 0. The Morgan fingerprint density at radius 1 is 0.833 bits per heavy atom. The Labute approximate surface area is 120 Å². The van der Waals surface area contributed by atoms with E-state index >= 15 is 0 Å². The van der Waals surface area contributed by atoms with Gasteiger partial charge in [0.25, 0.3) is 0 Å². The van der Waals surface area contributed by atoms with E-state index in [1.807, 2.05) is 0 Å². The zero-order chi connectivity index (χ0) is 13.5. The smallest absolute Gasteiger partial charge is 0.0701 e. The molecule has 0 saturated heterocycles. The van der Waals surface area contributed by atoms with E-state index in [-0.39, 0.29) is 0 Å². The maximum Gasteiger partial charge on any atom is 0.0701 e. The fourth-order valence-corrected chi connectivity index (χ4v) is 1.87. The number of halogens is 1. The Balaban J connectivity index is 2.98. The molecule has 110 valence electrons. The Hall–Kier alpha value is 0.320. The lowest BCUT2D eigenvalue weighted by Gasteiger charge is -2.14. The summed E-state index contributed by atoms with van der Waals surface area (Å²) in [7, 11) is 2.09. The number of ether oxygens (including phenoxy) is 3. The van der Waals surface area contributed by atoms with E-state index in [0.29, 0.717) is 26.4 Å². The lowest BCUT2D eigenvalue weighted by molar-refractivity contribution is 0.0114. The van der Waals surface area contributed by atoms with Gasteiger partial charge in [0.15, 0.2) is 0 Å². The fourth-order valence-electron chi connectivity index (χ4n) is 1.26. The van der Waals surface area contributed by atoms with Gasteiger partial charge in [-0.3, -0.25) is 0 Å². The molecule has 0 rings (SSSR count). The molecule has 0 saturated carbocycles. The number of rotatable bonds is 14. The third-order valence-corrected chi connectivity index (χ3v) is 2.82. The number of alkyl halides is 1. The first kappa shape index (κ1) is 18.3. The maximum absolute atomic E-state index is 5.47. The van der Waals surface area contributed by atoms with Gasteiger partial charge < -0.3 is 19.1 Å². The highest BCUT2D eigenvalue weighted by Gasteiger charge is 1.96. The Morgan fingerprint density at radius 3 is 1.94 bits per heavy atom. The third-order valence-electron chi connectivity index (χ3n) is 2.47. The van der Waals surface area contributed by atoms with E-state index < -0.39 is 0 Å². The zero-order valence-electron chi connectivity index (χ0n) is 11.8. The summed E-state index contributed by atoms with van der Waals surface area (Å²) in [6, 6.07) is 0. The second-order valence-electron chi connectivity index (χ2n) is 4.18. The van der Waals surface area contributed by atoms with Gasteiger partial charge in [-0.25, -0.2) is 0 Å². The highest BCUT2D eigenvalue weighted by molar-refractivity contribution is 9.09. The van der Waals surface area contributed by atoms with Crippen LogP contribution in [0.15, 0.2) is 0 Å². The molecule has 0 aliphatic rings. The molecule has 0 aliphatic heterocycles. The van der Waals surface area contributed by atoms with Crippen LogP contribution in [-0.4, -0.2) is 70.0 Å². The van der Waals surface area contributed by atoms with Gasteiger partial charge in [0, 0.05) is 25.0 Å². The second kappa shape index (κ2) is 15.4. The second-order valence-corrected chi connectivity index (χ2v) is 4.98. The van der Waals surface area contributed by atoms with E-state index in [1.54, 1.807) is 0 Å². The van der Waals surface area contributed by atoms with Gasteiger partial charge in [-0.2, -0.15) is 0 Å². The van der Waals surface area contributed by atoms with E-state index in [4.69, 9.17) is 14.2 Å². The standard InChI is InChI=1S/C13H28BrNO3/c1-3-4-8-16-10-12-18-13-11-17-9-7-15(2)6-5-14/h3-13H2,1-2H3. The maximum atomic E-state index is 5.47. The molecule has 4 nitrogen and oxygen atoms in total. The first-order chi connectivity index (χ1) is 8.81. The average Bonchev–Trinajstić information content (AvgIpc) is 2.36. The summed E-state index contributed by atoms with van der Waals surface area (Å²) in [4.78, 5) is 2.23. The van der Waals surface area contributed by atoms with Crippen molar-refractivity contribution in [3.63, 3.8) is 0 Å². The van der Waals surface area contributed by atoms with E-state index in [2.05, 4.69) is 34.8 Å². The number of nitrogens with zero attached hydrogens (tertiary/aromatic N) is 1. The molecule has 0 spiro atoms. The topological polar surface area (TPSA) is 30.9 Å². The van der Waals surface area contributed by atoms with Crippen LogP contribution in [0.4, 0.5) is 0 Å². The van der Waals surface area contributed by atoms with Gasteiger partial charge in [0.1, 0.15) is 0 Å². The Bertz CT molecular complexity index is 161. The van der Waals surface area contributed by atoms with E-state index in [9.17, 15) is 0 Å². The van der Waals surface area contributed by atoms with Crippen LogP contribution in [0.2, 0.25) is 0 Å². The van der Waals surface area contributed by atoms with Crippen LogP contribution in [0.25, 0.3) is 0 Å². The van der Waals surface area contributed by atoms with E-state index in [0.717, 1.165) is 38.1 Å². The molecular weight excluding hydrogens is 298 g/mol. The van der Waals surface area contributed by atoms with Gasteiger partial charge in [-0.1, -0.05) is 29.3 Å². The lowest BCUT2D eigenvalue weighted by Crippen LogP contribution is -2.25. The van der Waals surface area contributed by atoms with Gasteiger partial charge >= 0.3 is 0 Å². The molecule has 0 fully saturated rings. The molecule has 0 heterocycles. The largest absolute Gasteiger partial charge is 0.379 e. The summed E-state index contributed by atoms with van der Waals surface area (Å²) < 4.78 is 16.3. The molecule has 0 radical (unpaired) electrons. The van der Waals surface area contributed by atoms with Crippen molar-refractivity contribution in [2.24, 2.45) is 0 Å². The van der Waals surface area contributed by atoms with Crippen molar-refractivity contribution in [2.45, 2.75) is 19.8 Å². The van der Waals surface area contributed by atoms with Crippen molar-refractivity contribution in [2.75, 3.05) is 65.1 Å². The quantitative estimate of drug-likeness (QED) is 0.362. The lowest BCUT2D eigenvalue weighted by atomic mass is 10.4. The molecule has 0 aliphatic carbocycles. The number of hydrogen-bond acceptors (Lipinski definition) is 4. The van der Waals surface area contributed by atoms with Crippen molar-refractivity contribution in [1.82, 2.24) is 4.90 Å². The zero-order valence-corrected chi connectivity index (χ0v) is 13.4. The van der Waals surface area contributed by atoms with Crippen LogP contribution in [0.1, 0.15) is 19.8 Å². The van der Waals surface area contributed by atoms with Crippen LogP contribution in [0, 0.1) is 0 Å². The Morgan fingerprint density at radius 2 is 1.39 bits per heavy atom. The summed E-state index contributed by atoms with van der Waals surface area (Å²) >= 11 is 3.41. The summed E-state index contributed by atoms with van der Waals surface area (Å²) in [5.41, 5.74) is 0. The van der Waals surface area contributed by atoms with Crippen molar-refractivity contribution in [3.05, 3.63) is 0 Å². The van der Waals surface area contributed by atoms with Crippen LogP contribution in [0.5, 0.6) is 0 Å². The minimum atomic E-state index is 0.652. The summed E-state index contributed by atoms with van der Waals surface area (Å²) in [5.74, 6) is 0. The first-order valence-corrected chi connectivity index (χ1v) is 7.91. The van der Waals surface area contributed by atoms with Crippen LogP contribution in [-0.2, 0) is 14.2 Å². The van der Waals surface area contributed by atoms with Crippen molar-refractivity contribution in [3.8, 4) is 0 Å². The molecule has 0 unspecified atom stereocenters. The molecule has 5 heteroatoms. The normalized spacial score (nSPS) is 11.3. The molecule has 0 N–H and O–H groups in total. The summed E-state index contributed by atoms with van der Waals surface area (Å²) in [5, 5.41) is 1.00. The Kier molecular flexibility index (Phi) is 15.7. The number of unbranched alkanes of at least 4 members (excludes halogenated alkanes) is 1. The minimum Gasteiger partial charge on any atom is -0.379 e. The van der Waals surface area contributed by atoms with Crippen LogP contribution in [0.3, 0.4) is 0 Å². The van der Waals surface area contributed by atoms with Crippen molar-refractivity contribution in [1.29, 1.82) is 0 Å². The molecule has 0 aromatic rings. The third kappa shape index (κ3) is 14.4. The molecule has 0 aromatic carbocycles. The average molecular weight is 326 g/mol. The van der Waals surface area contributed by atoms with Gasteiger partial charge in [0.05, 0.1) is 33.0 Å². The van der Waals surface area contributed by atoms with Crippen molar-refractivity contribution < 1.29 is 14.2 Å². The van der Waals surface area contributed by atoms with Gasteiger partial charge in [0.2, 0.25) is 0 Å². The predicted octanol–water partition coefficient (Wildman–Crippen LogP) is 2.16. The SMILES string of the molecule is CCCCOCCOCCOCCN(C)CCBr. The van der Waals surface area contributed by atoms with E-state index in [1.165, 1.54) is 6.42 Å². The van der Waals surface area contributed by atoms with Gasteiger partial charge in [-0.15, -0.1) is 0 Å².